The summed E-state index contributed by atoms with van der Waals surface area (Å²) in [6.45, 7) is 1.18. The maximum absolute atomic E-state index is 12.1. The van der Waals surface area contributed by atoms with Crippen LogP contribution in [0, 0.1) is 27.2 Å². The number of hydrogen-bond donors (Lipinski definition) is 0. The SMILES string of the molecule is Cc1ccc(S(=O)(=O)OCc2ccc([N+](=O)[O-])cc2[N+](=O)[O-])cc1. The minimum atomic E-state index is -4.10. The first kappa shape index (κ1) is 17.5. The van der Waals surface area contributed by atoms with E-state index < -0.39 is 37.9 Å². The quantitative estimate of drug-likeness (QED) is 0.444. The third-order valence-corrected chi connectivity index (χ3v) is 4.43. The highest BCUT2D eigenvalue weighted by Crippen LogP contribution is 2.26. The largest absolute Gasteiger partial charge is 0.297 e. The van der Waals surface area contributed by atoms with Crippen molar-refractivity contribution in [2.45, 2.75) is 18.4 Å². The lowest BCUT2D eigenvalue weighted by molar-refractivity contribution is -0.394. The van der Waals surface area contributed by atoms with Gasteiger partial charge in [0.1, 0.15) is 0 Å². The lowest BCUT2D eigenvalue weighted by Gasteiger charge is -2.06. The Morgan fingerprint density at radius 1 is 1.00 bits per heavy atom. The second-order valence-electron chi connectivity index (χ2n) is 4.86. The minimum absolute atomic E-state index is 0.0821. The van der Waals surface area contributed by atoms with Gasteiger partial charge in [0.25, 0.3) is 21.5 Å². The zero-order valence-electron chi connectivity index (χ0n) is 12.4. The number of aryl methyl sites for hydroxylation is 1. The molecule has 24 heavy (non-hydrogen) atoms. The van der Waals surface area contributed by atoms with E-state index >= 15 is 0 Å². The van der Waals surface area contributed by atoms with Crippen molar-refractivity contribution >= 4 is 21.5 Å². The number of benzene rings is 2. The van der Waals surface area contributed by atoms with E-state index in [0.717, 1.165) is 23.8 Å². The van der Waals surface area contributed by atoms with Crippen LogP contribution in [0.5, 0.6) is 0 Å². The molecule has 2 rings (SSSR count). The Labute approximate surface area is 136 Å². The van der Waals surface area contributed by atoms with Gasteiger partial charge < -0.3 is 0 Å². The highest BCUT2D eigenvalue weighted by atomic mass is 32.2. The summed E-state index contributed by atoms with van der Waals surface area (Å²) < 4.78 is 29.0. The maximum atomic E-state index is 12.1. The summed E-state index contributed by atoms with van der Waals surface area (Å²) in [5, 5.41) is 21.7. The van der Waals surface area contributed by atoms with Crippen LogP contribution in [0.15, 0.2) is 47.4 Å². The van der Waals surface area contributed by atoms with Gasteiger partial charge in [0.2, 0.25) is 0 Å². The molecule has 0 N–H and O–H groups in total. The van der Waals surface area contributed by atoms with Crippen LogP contribution < -0.4 is 0 Å². The topological polar surface area (TPSA) is 130 Å². The van der Waals surface area contributed by atoms with Crippen molar-refractivity contribution < 1.29 is 22.4 Å². The molecule has 0 spiro atoms. The Balaban J connectivity index is 2.26. The summed E-state index contributed by atoms with van der Waals surface area (Å²) >= 11 is 0. The third kappa shape index (κ3) is 3.91. The van der Waals surface area contributed by atoms with E-state index in [9.17, 15) is 28.6 Å². The van der Waals surface area contributed by atoms with E-state index in [0.29, 0.717) is 0 Å². The molecule has 0 radical (unpaired) electrons. The molecule has 2 aromatic carbocycles. The molecule has 0 fully saturated rings. The van der Waals surface area contributed by atoms with E-state index in [1.54, 1.807) is 19.1 Å². The Hall–Kier alpha value is -2.85. The van der Waals surface area contributed by atoms with Crippen molar-refractivity contribution in [3.05, 3.63) is 73.8 Å². The first-order valence-corrected chi connectivity index (χ1v) is 7.99. The van der Waals surface area contributed by atoms with Gasteiger partial charge in [-0.05, 0) is 25.1 Å². The molecule has 0 atom stereocenters. The monoisotopic (exact) mass is 352 g/mol. The predicted molar refractivity (Wildman–Crippen MR) is 82.9 cm³/mol. The molecule has 0 aliphatic heterocycles. The molecule has 0 heterocycles. The Morgan fingerprint density at radius 2 is 1.62 bits per heavy atom. The molecular formula is C14H12N2O7S. The second-order valence-corrected chi connectivity index (χ2v) is 6.47. The van der Waals surface area contributed by atoms with Crippen molar-refractivity contribution in [3.63, 3.8) is 0 Å². The summed E-state index contributed by atoms with van der Waals surface area (Å²) in [5.74, 6) is 0. The molecule has 0 aliphatic rings. The Bertz CT molecular complexity index is 892. The molecule has 0 saturated carbocycles. The number of rotatable bonds is 6. The van der Waals surface area contributed by atoms with E-state index in [-0.39, 0.29) is 10.5 Å². The van der Waals surface area contributed by atoms with E-state index in [4.69, 9.17) is 4.18 Å². The molecule has 0 aliphatic carbocycles. The van der Waals surface area contributed by atoms with Crippen molar-refractivity contribution in [3.8, 4) is 0 Å². The van der Waals surface area contributed by atoms with Gasteiger partial charge in [-0.1, -0.05) is 17.7 Å². The van der Waals surface area contributed by atoms with Crippen LogP contribution in [0.2, 0.25) is 0 Å². The Kier molecular flexibility index (Phi) is 4.90. The summed E-state index contributed by atoms with van der Waals surface area (Å²) in [4.78, 5) is 20.0. The second kappa shape index (κ2) is 6.72. The van der Waals surface area contributed by atoms with Gasteiger partial charge in [-0.25, -0.2) is 0 Å². The van der Waals surface area contributed by atoms with Crippen molar-refractivity contribution in [1.82, 2.24) is 0 Å². The molecule has 0 aromatic heterocycles. The van der Waals surface area contributed by atoms with Crippen LogP contribution in [0.1, 0.15) is 11.1 Å². The van der Waals surface area contributed by atoms with Crippen LogP contribution in [0.3, 0.4) is 0 Å². The van der Waals surface area contributed by atoms with Crippen molar-refractivity contribution in [2.75, 3.05) is 0 Å². The molecule has 0 bridgehead atoms. The van der Waals surface area contributed by atoms with Crippen LogP contribution in [0.25, 0.3) is 0 Å². The van der Waals surface area contributed by atoms with Gasteiger partial charge in [0, 0.05) is 6.07 Å². The number of nitro benzene ring substituents is 2. The lowest BCUT2D eigenvalue weighted by Crippen LogP contribution is -2.08. The summed E-state index contributed by atoms with van der Waals surface area (Å²) in [7, 11) is -4.10. The van der Waals surface area contributed by atoms with Gasteiger partial charge in [-0.2, -0.15) is 8.42 Å². The first-order valence-electron chi connectivity index (χ1n) is 6.58. The zero-order valence-corrected chi connectivity index (χ0v) is 13.2. The molecule has 0 amide bonds. The molecule has 0 unspecified atom stereocenters. The predicted octanol–water partition coefficient (Wildman–Crippen LogP) is 2.72. The lowest BCUT2D eigenvalue weighted by atomic mass is 10.2. The van der Waals surface area contributed by atoms with Crippen LogP contribution in [-0.2, 0) is 20.9 Å². The highest BCUT2D eigenvalue weighted by Gasteiger charge is 2.22. The molecule has 126 valence electrons. The zero-order chi connectivity index (χ0) is 17.9. The fourth-order valence-corrected chi connectivity index (χ4v) is 2.76. The average Bonchev–Trinajstić information content (AvgIpc) is 2.53. The molecule has 2 aromatic rings. The fraction of sp³-hybridized carbons (Fsp3) is 0.143. The molecular weight excluding hydrogens is 340 g/mol. The molecule has 0 saturated heterocycles. The number of hydrogen-bond acceptors (Lipinski definition) is 7. The van der Waals surface area contributed by atoms with Gasteiger partial charge in [-0.3, -0.25) is 24.4 Å². The number of nitro groups is 2. The van der Waals surface area contributed by atoms with Gasteiger partial charge >= 0.3 is 0 Å². The van der Waals surface area contributed by atoms with Gasteiger partial charge in [0.15, 0.2) is 0 Å². The van der Waals surface area contributed by atoms with Crippen LogP contribution in [-0.4, -0.2) is 18.3 Å². The summed E-state index contributed by atoms with van der Waals surface area (Å²) in [6, 6.07) is 8.79. The third-order valence-electron chi connectivity index (χ3n) is 3.16. The smallest absolute Gasteiger partial charge is 0.261 e. The summed E-state index contributed by atoms with van der Waals surface area (Å²) in [5.41, 5.74) is -0.267. The molecule has 9 nitrogen and oxygen atoms in total. The number of non-ortho nitro benzene ring substituents is 1. The fourth-order valence-electron chi connectivity index (χ4n) is 1.87. The average molecular weight is 352 g/mol. The van der Waals surface area contributed by atoms with Gasteiger partial charge in [0.05, 0.1) is 33.0 Å². The highest BCUT2D eigenvalue weighted by molar-refractivity contribution is 7.86. The van der Waals surface area contributed by atoms with E-state index in [2.05, 4.69) is 0 Å². The van der Waals surface area contributed by atoms with Crippen molar-refractivity contribution in [2.24, 2.45) is 0 Å². The van der Waals surface area contributed by atoms with Crippen LogP contribution in [0.4, 0.5) is 11.4 Å². The Morgan fingerprint density at radius 3 is 2.17 bits per heavy atom. The van der Waals surface area contributed by atoms with Crippen LogP contribution >= 0.6 is 0 Å². The standard InChI is InChI=1S/C14H12N2O7S/c1-10-2-6-13(7-3-10)24(21,22)23-9-11-4-5-12(15(17)18)8-14(11)16(19)20/h2-8H,9H2,1H3. The minimum Gasteiger partial charge on any atom is -0.261 e. The number of nitrogens with zero attached hydrogens (tertiary/aromatic N) is 2. The normalized spacial score (nSPS) is 11.2. The van der Waals surface area contributed by atoms with E-state index in [1.807, 2.05) is 0 Å². The van der Waals surface area contributed by atoms with Crippen molar-refractivity contribution in [1.29, 1.82) is 0 Å². The first-order chi connectivity index (χ1) is 11.2. The summed E-state index contributed by atoms with van der Waals surface area (Å²) in [6.07, 6.45) is 0. The van der Waals surface area contributed by atoms with Gasteiger partial charge in [-0.15, -0.1) is 0 Å². The molecule has 10 heteroatoms. The maximum Gasteiger partial charge on any atom is 0.297 e. The van der Waals surface area contributed by atoms with E-state index in [1.165, 1.54) is 12.1 Å².